The van der Waals surface area contributed by atoms with Gasteiger partial charge in [0.1, 0.15) is 0 Å². The highest BCUT2D eigenvalue weighted by atomic mass is 32.1. The highest BCUT2D eigenvalue weighted by molar-refractivity contribution is 7.81. The molecule has 10 heteroatoms. The predicted molar refractivity (Wildman–Crippen MR) is 144 cm³/mol. The molecule has 0 aromatic carbocycles. The molecule has 0 saturated carbocycles. The lowest BCUT2D eigenvalue weighted by atomic mass is 10.1. The van der Waals surface area contributed by atoms with E-state index in [0.717, 1.165) is 12.8 Å². The van der Waals surface area contributed by atoms with Gasteiger partial charge in [0.2, 0.25) is 0 Å². The molecule has 0 heterocycles. The van der Waals surface area contributed by atoms with Gasteiger partial charge in [-0.1, -0.05) is 70.4 Å². The molecule has 0 spiro atoms. The molecule has 5 N–H and O–H groups in total. The molecule has 0 aromatic rings. The van der Waals surface area contributed by atoms with Crippen molar-refractivity contribution in [3.63, 3.8) is 0 Å². The monoisotopic (exact) mass is 528 g/mol. The normalized spacial score (nSPS) is 9.68. The van der Waals surface area contributed by atoms with E-state index in [2.05, 4.69) is 44.3 Å². The van der Waals surface area contributed by atoms with Crippen LogP contribution in [0.4, 0.5) is 0 Å². The highest BCUT2D eigenvalue weighted by Crippen LogP contribution is 2.09. The number of aliphatic hydroxyl groups is 2. The lowest BCUT2D eigenvalue weighted by Crippen LogP contribution is -1.93. The van der Waals surface area contributed by atoms with Crippen molar-refractivity contribution in [2.45, 2.75) is 96.8 Å². The molecule has 0 radical (unpaired) electrons. The first-order valence-electron chi connectivity index (χ1n) is 12.0. The van der Waals surface area contributed by atoms with Gasteiger partial charge < -0.3 is 25.5 Å². The minimum atomic E-state index is -0.881. The zero-order chi connectivity index (χ0) is 26.9. The molecule has 0 aliphatic heterocycles. The summed E-state index contributed by atoms with van der Waals surface area (Å²) in [5, 5.41) is 39.0. The minimum absolute atomic E-state index is 0.0833. The van der Waals surface area contributed by atoms with Crippen molar-refractivity contribution in [2.75, 3.05) is 24.7 Å². The molecule has 0 aromatic heterocycles. The van der Waals surface area contributed by atoms with Gasteiger partial charge in [-0.05, 0) is 32.1 Å². The Morgan fingerprint density at radius 2 is 0.912 bits per heavy atom. The SMILES string of the molecule is CCCCCCCC/C=C\CCCCCCCC(=O)O.O=C(O)CS.O=C(O)CS.OCCO. The third-order valence-electron chi connectivity index (χ3n) is 4.02. The summed E-state index contributed by atoms with van der Waals surface area (Å²) in [6, 6.07) is 0. The van der Waals surface area contributed by atoms with Gasteiger partial charge in [-0.3, -0.25) is 14.4 Å². The number of allylic oxidation sites excluding steroid dienone is 2. The molecule has 0 aliphatic carbocycles. The van der Waals surface area contributed by atoms with Crippen molar-refractivity contribution in [1.82, 2.24) is 0 Å². The first-order chi connectivity index (χ1) is 16.2. The van der Waals surface area contributed by atoms with Crippen LogP contribution in [0.1, 0.15) is 96.8 Å². The Kier molecular flexibility index (Phi) is 45.8. The largest absolute Gasteiger partial charge is 0.481 e. The molecule has 0 amide bonds. The highest BCUT2D eigenvalue weighted by Gasteiger charge is 1.95. The van der Waals surface area contributed by atoms with Crippen molar-refractivity contribution < 1.29 is 39.9 Å². The number of aliphatic carboxylic acids is 3. The first kappa shape index (κ1) is 40.0. The number of rotatable bonds is 18. The second-order valence-corrected chi connectivity index (χ2v) is 7.91. The fraction of sp³-hybridized carbons (Fsp3) is 0.792. The number of aliphatic hydroxyl groups excluding tert-OH is 2. The molecule has 0 rings (SSSR count). The maximum atomic E-state index is 10.3. The fourth-order valence-electron chi connectivity index (χ4n) is 2.35. The average molecular weight is 529 g/mol. The Morgan fingerprint density at radius 1 is 0.588 bits per heavy atom. The maximum absolute atomic E-state index is 10.3. The average Bonchev–Trinajstić information content (AvgIpc) is 2.82. The Bertz CT molecular complexity index is 444. The zero-order valence-electron chi connectivity index (χ0n) is 20.7. The molecule has 204 valence electrons. The second-order valence-electron chi connectivity index (χ2n) is 7.28. The van der Waals surface area contributed by atoms with Crippen LogP contribution in [0.15, 0.2) is 12.2 Å². The Morgan fingerprint density at radius 3 is 1.21 bits per heavy atom. The van der Waals surface area contributed by atoms with Gasteiger partial charge in [0.15, 0.2) is 0 Å². The third kappa shape index (κ3) is 63.2. The number of carbonyl (C=O) groups is 3. The zero-order valence-corrected chi connectivity index (χ0v) is 22.5. The quantitative estimate of drug-likeness (QED) is 0.0738. The molecule has 8 nitrogen and oxygen atoms in total. The molecule has 0 bridgehead atoms. The Hall–Kier alpha value is -1.23. The molecular formula is C24H48O8S2. The topological polar surface area (TPSA) is 152 Å². The van der Waals surface area contributed by atoms with Crippen LogP contribution < -0.4 is 0 Å². The first-order valence-corrected chi connectivity index (χ1v) is 13.2. The summed E-state index contributed by atoms with van der Waals surface area (Å²) in [5.74, 6) is -2.59. The van der Waals surface area contributed by atoms with Crippen molar-refractivity contribution in [3.8, 4) is 0 Å². The summed E-state index contributed by atoms with van der Waals surface area (Å²) < 4.78 is 0. The molecule has 0 unspecified atom stereocenters. The second kappa shape index (κ2) is 39.0. The van der Waals surface area contributed by atoms with E-state index in [1.807, 2.05) is 0 Å². The van der Waals surface area contributed by atoms with Gasteiger partial charge in [0.25, 0.3) is 0 Å². The molecule has 0 atom stereocenters. The van der Waals surface area contributed by atoms with Crippen LogP contribution in [-0.4, -0.2) is 68.2 Å². The fourth-order valence-corrected chi connectivity index (χ4v) is 2.35. The van der Waals surface area contributed by atoms with Gasteiger partial charge in [-0.15, -0.1) is 0 Å². The van der Waals surface area contributed by atoms with E-state index in [-0.39, 0.29) is 24.7 Å². The van der Waals surface area contributed by atoms with Gasteiger partial charge in [0, 0.05) is 6.42 Å². The molecule has 34 heavy (non-hydrogen) atoms. The van der Waals surface area contributed by atoms with Crippen LogP contribution in [0.3, 0.4) is 0 Å². The van der Waals surface area contributed by atoms with E-state index in [1.54, 1.807) is 0 Å². The van der Waals surface area contributed by atoms with Crippen LogP contribution in [0, 0.1) is 0 Å². The van der Waals surface area contributed by atoms with Crippen LogP contribution in [-0.2, 0) is 14.4 Å². The summed E-state index contributed by atoms with van der Waals surface area (Å²) in [5.41, 5.74) is 0. The Labute approximate surface area is 216 Å². The van der Waals surface area contributed by atoms with E-state index < -0.39 is 17.9 Å². The molecule has 0 saturated heterocycles. The van der Waals surface area contributed by atoms with Gasteiger partial charge >= 0.3 is 17.9 Å². The maximum Gasteiger partial charge on any atom is 0.313 e. The summed E-state index contributed by atoms with van der Waals surface area (Å²) in [7, 11) is 0. The van der Waals surface area contributed by atoms with Crippen molar-refractivity contribution in [2.24, 2.45) is 0 Å². The molecule has 0 aliphatic rings. The van der Waals surface area contributed by atoms with Crippen molar-refractivity contribution in [3.05, 3.63) is 12.2 Å². The third-order valence-corrected chi connectivity index (χ3v) is 4.56. The van der Waals surface area contributed by atoms with Crippen molar-refractivity contribution >= 4 is 43.2 Å². The summed E-state index contributed by atoms with van der Waals surface area (Å²) in [4.78, 5) is 28.9. The number of hydrogen-bond donors (Lipinski definition) is 7. The molecule has 0 fully saturated rings. The van der Waals surface area contributed by atoms with Crippen LogP contribution in [0.5, 0.6) is 0 Å². The standard InChI is InChI=1S/C18H34O2.2C2H4O2S.C2H6O2/c1-2-3-4-5-6-7-8-9-10-11-12-13-14-15-16-17-18(19)20;2*3-2(4)1-5;3-1-2-4/h9-10H,2-8,11-17H2,1H3,(H,19,20);2*5H,1H2,(H,3,4);3-4H,1-2H2/b10-9-;;;. The van der Waals surface area contributed by atoms with E-state index in [0.29, 0.717) is 6.42 Å². The number of unbranched alkanes of at least 4 members (excludes halogenated alkanes) is 11. The smallest absolute Gasteiger partial charge is 0.313 e. The summed E-state index contributed by atoms with van der Waals surface area (Å²) in [6.07, 6.45) is 21.2. The van der Waals surface area contributed by atoms with E-state index in [4.69, 9.17) is 25.5 Å². The number of thiol groups is 2. The van der Waals surface area contributed by atoms with E-state index in [1.165, 1.54) is 70.6 Å². The predicted octanol–water partition coefficient (Wildman–Crippen LogP) is 5.08. The number of hydrogen-bond acceptors (Lipinski definition) is 7. The van der Waals surface area contributed by atoms with E-state index in [9.17, 15) is 14.4 Å². The van der Waals surface area contributed by atoms with Gasteiger partial charge in [0.05, 0.1) is 24.7 Å². The van der Waals surface area contributed by atoms with Crippen LogP contribution >= 0.6 is 25.3 Å². The van der Waals surface area contributed by atoms with Crippen LogP contribution in [0.25, 0.3) is 0 Å². The number of carboxylic acids is 3. The summed E-state index contributed by atoms with van der Waals surface area (Å²) >= 11 is 6.83. The minimum Gasteiger partial charge on any atom is -0.481 e. The number of carboxylic acid groups (broad SMARTS) is 3. The van der Waals surface area contributed by atoms with Gasteiger partial charge in [-0.2, -0.15) is 25.3 Å². The summed E-state index contributed by atoms with van der Waals surface area (Å²) in [6.45, 7) is 2.01. The van der Waals surface area contributed by atoms with Crippen LogP contribution in [0.2, 0.25) is 0 Å². The van der Waals surface area contributed by atoms with Gasteiger partial charge in [-0.25, -0.2) is 0 Å². The molecular weight excluding hydrogens is 480 g/mol. The lowest BCUT2D eigenvalue weighted by Gasteiger charge is -1.99. The Balaban J connectivity index is -0.000000260. The lowest BCUT2D eigenvalue weighted by molar-refractivity contribution is -0.137. The van der Waals surface area contributed by atoms with E-state index >= 15 is 0 Å². The van der Waals surface area contributed by atoms with Crippen molar-refractivity contribution in [1.29, 1.82) is 0 Å².